The van der Waals surface area contributed by atoms with E-state index in [9.17, 15) is 8.42 Å². The lowest BCUT2D eigenvalue weighted by Crippen LogP contribution is -2.39. The van der Waals surface area contributed by atoms with Crippen LogP contribution in [0.1, 0.15) is 17.0 Å². The van der Waals surface area contributed by atoms with Crippen LogP contribution < -0.4 is 0 Å². The first-order chi connectivity index (χ1) is 9.09. The molecule has 1 aromatic carbocycles. The van der Waals surface area contributed by atoms with Gasteiger partial charge in [0.1, 0.15) is 5.82 Å². The number of hydrogen-bond donors (Lipinski definition) is 0. The van der Waals surface area contributed by atoms with Crippen LogP contribution in [0.25, 0.3) is 0 Å². The molecule has 1 aliphatic heterocycles. The predicted octanol–water partition coefficient (Wildman–Crippen LogP) is 1.34. The highest BCUT2D eigenvalue weighted by atomic mass is 32.2. The van der Waals surface area contributed by atoms with Crippen LogP contribution in [0.3, 0.4) is 0 Å². The number of benzene rings is 1. The maximum absolute atomic E-state index is 12.5. The summed E-state index contributed by atoms with van der Waals surface area (Å²) in [6.07, 6.45) is 3.75. The van der Waals surface area contributed by atoms with E-state index in [1.165, 1.54) is 26.2 Å². The number of nitrogens with zero attached hydrogens (tertiary/aromatic N) is 3. The van der Waals surface area contributed by atoms with Crippen LogP contribution in [0, 0.1) is 6.92 Å². The van der Waals surface area contributed by atoms with Crippen molar-refractivity contribution in [2.45, 2.75) is 19.9 Å². The highest BCUT2D eigenvalue weighted by Crippen LogP contribution is 2.22. The van der Waals surface area contributed by atoms with Gasteiger partial charge >= 0.3 is 10.2 Å². The Morgan fingerprint density at radius 2 is 1.95 bits per heavy atom. The van der Waals surface area contributed by atoms with E-state index in [0.29, 0.717) is 18.9 Å². The molecule has 0 atom stereocenters. The number of imidazole rings is 1. The Morgan fingerprint density at radius 1 is 1.21 bits per heavy atom. The Kier molecular flexibility index (Phi) is 2.91. The molecule has 0 spiro atoms. The number of hydrogen-bond acceptors (Lipinski definition) is 3. The minimum Gasteiger partial charge on any atom is -0.241 e. The van der Waals surface area contributed by atoms with Gasteiger partial charge in [-0.15, -0.1) is 0 Å². The topological polar surface area (TPSA) is 55.2 Å². The number of rotatable bonds is 2. The molecule has 2 heterocycles. The van der Waals surface area contributed by atoms with Gasteiger partial charge < -0.3 is 0 Å². The van der Waals surface area contributed by atoms with Gasteiger partial charge in [-0.05, 0) is 24.5 Å². The van der Waals surface area contributed by atoms with Crippen molar-refractivity contribution >= 4 is 10.2 Å². The van der Waals surface area contributed by atoms with Crippen molar-refractivity contribution in [1.82, 2.24) is 13.3 Å². The average molecular weight is 277 g/mol. The van der Waals surface area contributed by atoms with E-state index in [1.807, 2.05) is 18.2 Å². The van der Waals surface area contributed by atoms with Crippen molar-refractivity contribution in [2.75, 3.05) is 6.54 Å². The second-order valence-electron chi connectivity index (χ2n) is 4.63. The Balaban J connectivity index is 1.95. The zero-order valence-electron chi connectivity index (χ0n) is 10.7. The molecular formula is C13H15N3O2S. The smallest absolute Gasteiger partial charge is 0.241 e. The third kappa shape index (κ3) is 2.06. The van der Waals surface area contributed by atoms with E-state index in [4.69, 9.17) is 0 Å². The molecule has 3 rings (SSSR count). The summed E-state index contributed by atoms with van der Waals surface area (Å²) in [6.45, 7) is 2.63. The molecule has 1 aliphatic rings. The summed E-state index contributed by atoms with van der Waals surface area (Å²) in [5, 5.41) is 0. The lowest BCUT2D eigenvalue weighted by atomic mass is 10.0. The number of fused-ring (bicyclic) bond motifs is 1. The predicted molar refractivity (Wildman–Crippen MR) is 71.8 cm³/mol. The van der Waals surface area contributed by atoms with Crippen LogP contribution >= 0.6 is 0 Å². The van der Waals surface area contributed by atoms with E-state index in [1.54, 1.807) is 6.92 Å². The molecule has 6 heteroatoms. The monoisotopic (exact) mass is 277 g/mol. The molecular weight excluding hydrogens is 262 g/mol. The molecule has 5 nitrogen and oxygen atoms in total. The van der Waals surface area contributed by atoms with Crippen LogP contribution in [-0.2, 0) is 23.2 Å². The minimum absolute atomic E-state index is 0.427. The molecule has 100 valence electrons. The van der Waals surface area contributed by atoms with E-state index >= 15 is 0 Å². The Bertz CT molecular complexity index is 706. The van der Waals surface area contributed by atoms with E-state index < -0.39 is 10.2 Å². The van der Waals surface area contributed by atoms with E-state index in [0.717, 1.165) is 12.0 Å². The summed E-state index contributed by atoms with van der Waals surface area (Å²) in [7, 11) is -3.50. The van der Waals surface area contributed by atoms with Gasteiger partial charge in [-0.2, -0.15) is 12.7 Å². The summed E-state index contributed by atoms with van der Waals surface area (Å²) in [4.78, 5) is 3.98. The molecule has 0 unspecified atom stereocenters. The Morgan fingerprint density at radius 3 is 2.63 bits per heavy atom. The van der Waals surface area contributed by atoms with Gasteiger partial charge in [0, 0.05) is 25.5 Å². The zero-order chi connectivity index (χ0) is 13.5. The van der Waals surface area contributed by atoms with Crippen LogP contribution in [-0.4, -0.2) is 28.2 Å². The quantitative estimate of drug-likeness (QED) is 0.832. The maximum atomic E-state index is 12.5. The number of aromatic nitrogens is 2. The molecule has 1 aromatic heterocycles. The van der Waals surface area contributed by atoms with Crippen molar-refractivity contribution in [3.05, 3.63) is 53.6 Å². The van der Waals surface area contributed by atoms with Gasteiger partial charge in [0.2, 0.25) is 0 Å². The fourth-order valence-corrected chi connectivity index (χ4v) is 3.86. The summed E-state index contributed by atoms with van der Waals surface area (Å²) in [5.74, 6) is 0.485. The van der Waals surface area contributed by atoms with E-state index in [2.05, 4.69) is 11.1 Å². The molecule has 19 heavy (non-hydrogen) atoms. The van der Waals surface area contributed by atoms with Crippen molar-refractivity contribution in [3.63, 3.8) is 0 Å². The third-order valence-electron chi connectivity index (χ3n) is 3.45. The van der Waals surface area contributed by atoms with Crippen molar-refractivity contribution < 1.29 is 8.42 Å². The molecule has 0 radical (unpaired) electrons. The SMILES string of the molecule is Cc1nccn1S(=O)(=O)N1CCc2ccccc2C1. The fourth-order valence-electron chi connectivity index (χ4n) is 2.40. The molecule has 0 N–H and O–H groups in total. The fraction of sp³-hybridized carbons (Fsp3) is 0.308. The lowest BCUT2D eigenvalue weighted by Gasteiger charge is -2.28. The normalized spacial score (nSPS) is 16.3. The molecule has 0 fully saturated rings. The Labute approximate surface area is 112 Å². The Hall–Kier alpha value is -1.66. The molecule has 0 aliphatic carbocycles. The highest BCUT2D eigenvalue weighted by molar-refractivity contribution is 7.87. The second-order valence-corrected chi connectivity index (χ2v) is 6.44. The zero-order valence-corrected chi connectivity index (χ0v) is 11.5. The van der Waals surface area contributed by atoms with Gasteiger partial charge in [0.25, 0.3) is 0 Å². The summed E-state index contributed by atoms with van der Waals surface area (Å²) < 4.78 is 27.8. The second kappa shape index (κ2) is 4.47. The molecule has 0 saturated heterocycles. The summed E-state index contributed by atoms with van der Waals surface area (Å²) in [5.41, 5.74) is 2.31. The van der Waals surface area contributed by atoms with Gasteiger partial charge in [-0.3, -0.25) is 0 Å². The first-order valence-corrected chi connectivity index (χ1v) is 7.56. The van der Waals surface area contributed by atoms with Crippen molar-refractivity contribution in [1.29, 1.82) is 0 Å². The highest BCUT2D eigenvalue weighted by Gasteiger charge is 2.28. The van der Waals surface area contributed by atoms with Crippen molar-refractivity contribution in [2.24, 2.45) is 0 Å². The molecule has 0 bridgehead atoms. The van der Waals surface area contributed by atoms with Gasteiger partial charge in [0.15, 0.2) is 0 Å². The molecule has 0 saturated carbocycles. The van der Waals surface area contributed by atoms with Gasteiger partial charge in [-0.1, -0.05) is 24.3 Å². The summed E-state index contributed by atoms with van der Waals surface area (Å²) in [6, 6.07) is 7.97. The van der Waals surface area contributed by atoms with Crippen LogP contribution in [0.15, 0.2) is 36.7 Å². The van der Waals surface area contributed by atoms with Gasteiger partial charge in [0.05, 0.1) is 0 Å². The summed E-state index contributed by atoms with van der Waals surface area (Å²) >= 11 is 0. The third-order valence-corrected chi connectivity index (χ3v) is 5.30. The largest absolute Gasteiger partial charge is 0.309 e. The van der Waals surface area contributed by atoms with Crippen LogP contribution in [0.5, 0.6) is 0 Å². The van der Waals surface area contributed by atoms with Crippen LogP contribution in [0.2, 0.25) is 0 Å². The maximum Gasteiger partial charge on any atom is 0.309 e. The minimum atomic E-state index is -3.50. The first kappa shape index (κ1) is 12.4. The molecule has 0 amide bonds. The van der Waals surface area contributed by atoms with Crippen LogP contribution in [0.4, 0.5) is 0 Å². The average Bonchev–Trinajstić information content (AvgIpc) is 2.85. The van der Waals surface area contributed by atoms with E-state index in [-0.39, 0.29) is 0 Å². The van der Waals surface area contributed by atoms with Gasteiger partial charge in [-0.25, -0.2) is 8.96 Å². The standard InChI is InChI=1S/C13H15N3O2S/c1-11-14-7-9-16(11)19(17,18)15-8-6-12-4-2-3-5-13(12)10-15/h2-5,7,9H,6,8,10H2,1H3. The molecule has 2 aromatic rings. The first-order valence-electron chi connectivity index (χ1n) is 6.16. The lowest BCUT2D eigenvalue weighted by molar-refractivity contribution is 0.385. The van der Waals surface area contributed by atoms with Crippen molar-refractivity contribution in [3.8, 4) is 0 Å². The number of aryl methyl sites for hydroxylation is 1.